The Morgan fingerprint density at radius 3 is 2.04 bits per heavy atom. The summed E-state index contributed by atoms with van der Waals surface area (Å²) in [5.74, 6) is -1.03. The van der Waals surface area contributed by atoms with Crippen molar-refractivity contribution < 1.29 is 8.78 Å². The number of hydrogen-bond acceptors (Lipinski definition) is 1. The molecule has 0 amide bonds. The largest absolute Gasteiger partial charge is 0.399 e. The van der Waals surface area contributed by atoms with Crippen LogP contribution in [-0.2, 0) is 0 Å². The van der Waals surface area contributed by atoms with E-state index in [-0.39, 0.29) is 5.41 Å². The summed E-state index contributed by atoms with van der Waals surface area (Å²) in [6.07, 6.45) is 3.37. The summed E-state index contributed by atoms with van der Waals surface area (Å²) in [5.41, 5.74) is 10.4. The fourth-order valence-corrected chi connectivity index (χ4v) is 2.73. The number of anilines is 1. The lowest BCUT2D eigenvalue weighted by atomic mass is 9.80. The lowest BCUT2D eigenvalue weighted by Gasteiger charge is -2.26. The number of hydrogen-bond donors (Lipinski definition) is 1. The Balaban J connectivity index is 0.000000314. The van der Waals surface area contributed by atoms with Crippen LogP contribution in [0.1, 0.15) is 58.1 Å². The maximum Gasteiger partial charge on any atom is 0.159 e. The SMILES string of the molecule is C/C=C(\CC(C)c1ccc(N)cc1)C(C)(C)C.Cc1ccc(F)c(F)c1. The smallest absolute Gasteiger partial charge is 0.159 e. The summed E-state index contributed by atoms with van der Waals surface area (Å²) in [6, 6.07) is 12.0. The van der Waals surface area contributed by atoms with Crippen LogP contribution in [0.4, 0.5) is 14.5 Å². The molecule has 142 valence electrons. The Kier molecular flexibility index (Phi) is 8.01. The number of benzene rings is 2. The summed E-state index contributed by atoms with van der Waals surface area (Å²) in [4.78, 5) is 0. The van der Waals surface area contributed by atoms with Gasteiger partial charge in [-0.2, -0.15) is 0 Å². The third kappa shape index (κ3) is 6.99. The number of nitrogen functional groups attached to an aromatic ring is 1. The molecule has 3 heteroatoms. The molecule has 2 aromatic rings. The van der Waals surface area contributed by atoms with Crippen molar-refractivity contribution >= 4 is 5.69 Å². The van der Waals surface area contributed by atoms with Crippen molar-refractivity contribution in [3.63, 3.8) is 0 Å². The molecule has 0 saturated heterocycles. The molecule has 2 N–H and O–H groups in total. The first-order valence-electron chi connectivity index (χ1n) is 8.97. The van der Waals surface area contributed by atoms with Crippen molar-refractivity contribution in [1.82, 2.24) is 0 Å². The van der Waals surface area contributed by atoms with Gasteiger partial charge < -0.3 is 5.73 Å². The predicted molar refractivity (Wildman–Crippen MR) is 108 cm³/mol. The zero-order valence-corrected chi connectivity index (χ0v) is 16.7. The standard InChI is InChI=1S/C16H25N.C7H6F2/c1-6-14(16(3,4)5)11-12(2)13-7-9-15(17)10-8-13;1-5-2-3-6(8)7(9)4-5/h6-10,12H,11,17H2,1-5H3;2-4H,1H3/b14-6+;. The maximum atomic E-state index is 12.2. The van der Waals surface area contributed by atoms with Crippen LogP contribution in [0.2, 0.25) is 0 Å². The van der Waals surface area contributed by atoms with Crippen molar-refractivity contribution in [2.24, 2.45) is 5.41 Å². The van der Waals surface area contributed by atoms with Gasteiger partial charge in [0.25, 0.3) is 0 Å². The lowest BCUT2D eigenvalue weighted by Crippen LogP contribution is -2.11. The number of allylic oxidation sites excluding steroid dienone is 2. The minimum Gasteiger partial charge on any atom is -0.399 e. The highest BCUT2D eigenvalue weighted by molar-refractivity contribution is 5.40. The van der Waals surface area contributed by atoms with E-state index in [0.29, 0.717) is 5.92 Å². The van der Waals surface area contributed by atoms with Crippen molar-refractivity contribution in [2.75, 3.05) is 5.73 Å². The Morgan fingerprint density at radius 2 is 1.62 bits per heavy atom. The molecule has 0 saturated carbocycles. The van der Waals surface area contributed by atoms with Crippen LogP contribution < -0.4 is 5.73 Å². The van der Waals surface area contributed by atoms with Crippen molar-refractivity contribution in [1.29, 1.82) is 0 Å². The topological polar surface area (TPSA) is 26.0 Å². The van der Waals surface area contributed by atoms with Crippen LogP contribution >= 0.6 is 0 Å². The van der Waals surface area contributed by atoms with Crippen molar-refractivity contribution in [3.8, 4) is 0 Å². The molecule has 0 bridgehead atoms. The molecule has 0 radical (unpaired) electrons. The van der Waals surface area contributed by atoms with Gasteiger partial charge in [-0.25, -0.2) is 8.78 Å². The van der Waals surface area contributed by atoms with Gasteiger partial charge in [-0.1, -0.05) is 57.5 Å². The molecule has 1 nitrogen and oxygen atoms in total. The molecule has 26 heavy (non-hydrogen) atoms. The normalized spacial score (nSPS) is 13.0. The Bertz CT molecular complexity index is 725. The molecule has 0 aliphatic carbocycles. The molecule has 1 unspecified atom stereocenters. The average molecular weight is 360 g/mol. The molecule has 2 rings (SSSR count). The number of halogens is 2. The van der Waals surface area contributed by atoms with Crippen molar-refractivity contribution in [3.05, 3.63) is 76.9 Å². The van der Waals surface area contributed by atoms with Gasteiger partial charge in [-0.3, -0.25) is 0 Å². The van der Waals surface area contributed by atoms with Crippen LogP contribution in [0, 0.1) is 24.0 Å². The molecule has 0 heterocycles. The second-order valence-electron chi connectivity index (χ2n) is 7.75. The number of aryl methyl sites for hydroxylation is 1. The van der Waals surface area contributed by atoms with Gasteiger partial charge in [-0.05, 0) is 67.0 Å². The van der Waals surface area contributed by atoms with E-state index in [0.717, 1.165) is 29.8 Å². The van der Waals surface area contributed by atoms with E-state index in [4.69, 9.17) is 5.73 Å². The van der Waals surface area contributed by atoms with Gasteiger partial charge in [-0.15, -0.1) is 0 Å². The number of nitrogens with two attached hydrogens (primary N) is 1. The van der Waals surface area contributed by atoms with Gasteiger partial charge >= 0.3 is 0 Å². The van der Waals surface area contributed by atoms with Crippen LogP contribution in [0.5, 0.6) is 0 Å². The van der Waals surface area contributed by atoms with Crippen LogP contribution in [0.15, 0.2) is 54.1 Å². The molecule has 1 atom stereocenters. The first kappa shape index (κ1) is 21.9. The average Bonchev–Trinajstić information content (AvgIpc) is 2.56. The molecular formula is C23H31F2N. The van der Waals surface area contributed by atoms with Gasteiger partial charge in [0, 0.05) is 5.69 Å². The third-order valence-electron chi connectivity index (χ3n) is 4.42. The zero-order chi connectivity index (χ0) is 19.9. The van der Waals surface area contributed by atoms with E-state index < -0.39 is 11.6 Å². The van der Waals surface area contributed by atoms with E-state index in [2.05, 4.69) is 52.8 Å². The maximum absolute atomic E-state index is 12.2. The molecule has 0 aliphatic heterocycles. The Morgan fingerprint density at radius 1 is 1.04 bits per heavy atom. The fourth-order valence-electron chi connectivity index (χ4n) is 2.73. The number of rotatable bonds is 3. The summed E-state index contributed by atoms with van der Waals surface area (Å²) in [5, 5.41) is 0. The van der Waals surface area contributed by atoms with Gasteiger partial charge in [0.05, 0.1) is 0 Å². The fraction of sp³-hybridized carbons (Fsp3) is 0.391. The van der Waals surface area contributed by atoms with Gasteiger partial charge in [0.2, 0.25) is 0 Å². The third-order valence-corrected chi connectivity index (χ3v) is 4.42. The summed E-state index contributed by atoms with van der Waals surface area (Å²) in [7, 11) is 0. The lowest BCUT2D eigenvalue weighted by molar-refractivity contribution is 0.468. The van der Waals surface area contributed by atoms with E-state index in [1.165, 1.54) is 17.2 Å². The van der Waals surface area contributed by atoms with Crippen LogP contribution in [-0.4, -0.2) is 0 Å². The molecule has 0 aliphatic rings. The highest BCUT2D eigenvalue weighted by atomic mass is 19.2. The Hall–Kier alpha value is -2.16. The Labute approximate surface area is 156 Å². The van der Waals surface area contributed by atoms with E-state index in [1.54, 1.807) is 6.92 Å². The summed E-state index contributed by atoms with van der Waals surface area (Å²) >= 11 is 0. The van der Waals surface area contributed by atoms with E-state index in [9.17, 15) is 8.78 Å². The van der Waals surface area contributed by atoms with Crippen molar-refractivity contribution in [2.45, 2.75) is 53.9 Å². The summed E-state index contributed by atoms with van der Waals surface area (Å²) < 4.78 is 24.3. The zero-order valence-electron chi connectivity index (χ0n) is 16.7. The highest BCUT2D eigenvalue weighted by Crippen LogP contribution is 2.34. The second kappa shape index (κ2) is 9.51. The van der Waals surface area contributed by atoms with Crippen LogP contribution in [0.25, 0.3) is 0 Å². The second-order valence-corrected chi connectivity index (χ2v) is 7.75. The van der Waals surface area contributed by atoms with E-state index >= 15 is 0 Å². The highest BCUT2D eigenvalue weighted by Gasteiger charge is 2.18. The van der Waals surface area contributed by atoms with Crippen LogP contribution in [0.3, 0.4) is 0 Å². The molecule has 0 spiro atoms. The molecule has 0 aromatic heterocycles. The quantitative estimate of drug-likeness (QED) is 0.462. The summed E-state index contributed by atoms with van der Waals surface area (Å²) in [6.45, 7) is 13.0. The van der Waals surface area contributed by atoms with Gasteiger partial charge in [0.15, 0.2) is 11.6 Å². The minimum absolute atomic E-state index is 0.261. The molecule has 0 fully saturated rings. The first-order valence-corrected chi connectivity index (χ1v) is 8.97. The van der Waals surface area contributed by atoms with E-state index in [1.807, 2.05) is 12.1 Å². The predicted octanol–water partition coefficient (Wildman–Crippen LogP) is 7.03. The minimum atomic E-state index is -0.791. The first-order chi connectivity index (χ1) is 12.0. The van der Waals surface area contributed by atoms with Gasteiger partial charge in [0.1, 0.15) is 0 Å². The monoisotopic (exact) mass is 359 g/mol. The molecular weight excluding hydrogens is 328 g/mol. The molecule has 2 aromatic carbocycles.